The highest BCUT2D eigenvalue weighted by Gasteiger charge is 2.22. The number of halogens is 1. The van der Waals surface area contributed by atoms with Crippen molar-refractivity contribution in [3.05, 3.63) is 65.0 Å². The number of aromatic carboxylic acids is 1. The molecule has 0 fully saturated rings. The molecule has 2 aromatic carbocycles. The van der Waals surface area contributed by atoms with Gasteiger partial charge in [-0.1, -0.05) is 12.1 Å². The highest BCUT2D eigenvalue weighted by molar-refractivity contribution is 7.15. The van der Waals surface area contributed by atoms with Gasteiger partial charge in [-0.15, -0.1) is 11.3 Å². The number of benzene rings is 2. The number of furan rings is 1. The Bertz CT molecular complexity index is 1200. The van der Waals surface area contributed by atoms with E-state index in [0.29, 0.717) is 11.0 Å². The van der Waals surface area contributed by atoms with Gasteiger partial charge in [-0.05, 0) is 30.7 Å². The highest BCUT2D eigenvalue weighted by atomic mass is 32.1. The molecule has 0 spiro atoms. The Balaban J connectivity index is 1.67. The first-order valence-electron chi connectivity index (χ1n) is 8.18. The molecule has 3 N–H and O–H groups in total. The van der Waals surface area contributed by atoms with E-state index in [1.807, 2.05) is 0 Å². The number of carboxylic acid groups (broad SMARTS) is 1. The lowest BCUT2D eigenvalue weighted by Crippen LogP contribution is -2.08. The number of fused-ring (bicyclic) bond motifs is 1. The van der Waals surface area contributed by atoms with Gasteiger partial charge in [-0.25, -0.2) is 14.7 Å². The van der Waals surface area contributed by atoms with Crippen molar-refractivity contribution >= 4 is 33.3 Å². The van der Waals surface area contributed by atoms with E-state index in [-0.39, 0.29) is 33.2 Å². The topological polar surface area (TPSA) is 91.9 Å². The van der Waals surface area contributed by atoms with E-state index in [2.05, 4.69) is 5.48 Å². The summed E-state index contributed by atoms with van der Waals surface area (Å²) in [7, 11) is 0. The van der Waals surface area contributed by atoms with Gasteiger partial charge in [0.05, 0.1) is 6.26 Å². The molecular formula is C20H14FNO5S. The third-order valence-corrected chi connectivity index (χ3v) is 5.08. The molecule has 0 aliphatic heterocycles. The van der Waals surface area contributed by atoms with Crippen molar-refractivity contribution in [1.82, 2.24) is 0 Å². The summed E-state index contributed by atoms with van der Waals surface area (Å²) in [6.07, 6.45) is 1.48. The van der Waals surface area contributed by atoms with Crippen LogP contribution in [0.5, 0.6) is 11.5 Å². The fourth-order valence-corrected chi connectivity index (χ4v) is 3.73. The Hall–Kier alpha value is -3.52. The number of phenolic OH excluding ortho intramolecular Hbond substituents is 1. The normalized spacial score (nSPS) is 10.9. The lowest BCUT2D eigenvalue weighted by Gasteiger charge is -2.10. The lowest BCUT2D eigenvalue weighted by atomic mass is 10.0. The van der Waals surface area contributed by atoms with Crippen molar-refractivity contribution in [1.29, 1.82) is 0 Å². The number of phenols is 1. The average Bonchev–Trinajstić information content (AvgIpc) is 3.26. The van der Waals surface area contributed by atoms with Crippen LogP contribution in [0.1, 0.15) is 15.9 Å². The molecule has 28 heavy (non-hydrogen) atoms. The molecule has 6 nitrogen and oxygen atoms in total. The Morgan fingerprint density at radius 3 is 2.79 bits per heavy atom. The number of nitrogens with one attached hydrogen (secondary N) is 1. The SMILES string of the molecule is Cc1ccc(-c2csc(NOc3cc4occc4cc3O)c2C(=O)O)c(F)c1. The molecule has 0 saturated heterocycles. The fraction of sp³-hybridized carbons (Fsp3) is 0.0500. The second-order valence-electron chi connectivity index (χ2n) is 6.12. The molecule has 0 aliphatic carbocycles. The number of aryl methyl sites for hydroxylation is 1. The molecule has 4 aromatic rings. The minimum absolute atomic E-state index is 0.0651. The van der Waals surface area contributed by atoms with Crippen LogP contribution in [0, 0.1) is 12.7 Å². The first-order chi connectivity index (χ1) is 13.4. The average molecular weight is 399 g/mol. The molecule has 4 rings (SSSR count). The van der Waals surface area contributed by atoms with Crippen LogP contribution >= 0.6 is 11.3 Å². The molecule has 2 heterocycles. The van der Waals surface area contributed by atoms with Gasteiger partial charge < -0.3 is 19.5 Å². The van der Waals surface area contributed by atoms with Crippen molar-refractivity contribution in [2.24, 2.45) is 0 Å². The Morgan fingerprint density at radius 2 is 2.04 bits per heavy atom. The molecule has 142 valence electrons. The summed E-state index contributed by atoms with van der Waals surface area (Å²) in [4.78, 5) is 17.2. The number of hydrogen-bond donors (Lipinski definition) is 3. The van der Waals surface area contributed by atoms with Crippen LogP contribution in [0.15, 0.2) is 52.5 Å². The molecule has 0 atom stereocenters. The van der Waals surface area contributed by atoms with Crippen LogP contribution in [0.4, 0.5) is 9.39 Å². The number of anilines is 1. The lowest BCUT2D eigenvalue weighted by molar-refractivity contribution is 0.0698. The summed E-state index contributed by atoms with van der Waals surface area (Å²) in [6.45, 7) is 1.75. The van der Waals surface area contributed by atoms with Crippen molar-refractivity contribution in [2.45, 2.75) is 6.92 Å². The zero-order valence-electron chi connectivity index (χ0n) is 14.5. The third kappa shape index (κ3) is 3.14. The van der Waals surface area contributed by atoms with E-state index in [0.717, 1.165) is 16.9 Å². The van der Waals surface area contributed by atoms with E-state index >= 15 is 0 Å². The molecule has 0 aliphatic rings. The molecule has 0 radical (unpaired) electrons. The Morgan fingerprint density at radius 1 is 1.21 bits per heavy atom. The van der Waals surface area contributed by atoms with Gasteiger partial charge in [-0.2, -0.15) is 0 Å². The molecule has 2 aromatic heterocycles. The predicted molar refractivity (Wildman–Crippen MR) is 104 cm³/mol. The summed E-state index contributed by atoms with van der Waals surface area (Å²) >= 11 is 1.05. The first-order valence-corrected chi connectivity index (χ1v) is 9.06. The number of thiophene rings is 1. The van der Waals surface area contributed by atoms with E-state index in [4.69, 9.17) is 9.25 Å². The number of hydrogen-bond acceptors (Lipinski definition) is 6. The van der Waals surface area contributed by atoms with Gasteiger partial charge >= 0.3 is 5.97 Å². The second kappa shape index (κ2) is 6.90. The number of carboxylic acids is 1. The maximum Gasteiger partial charge on any atom is 0.339 e. The number of rotatable bonds is 5. The van der Waals surface area contributed by atoms with Crippen LogP contribution in [0.3, 0.4) is 0 Å². The van der Waals surface area contributed by atoms with Crippen molar-refractivity contribution in [2.75, 3.05) is 5.48 Å². The van der Waals surface area contributed by atoms with Gasteiger partial charge in [0.25, 0.3) is 0 Å². The van der Waals surface area contributed by atoms with Crippen LogP contribution in [-0.4, -0.2) is 16.2 Å². The minimum atomic E-state index is -1.23. The summed E-state index contributed by atoms with van der Waals surface area (Å²) in [5, 5.41) is 22.1. The Kier molecular flexibility index (Phi) is 4.40. The predicted octanol–water partition coefficient (Wildman–Crippen LogP) is 5.42. The monoisotopic (exact) mass is 399 g/mol. The molecule has 0 bridgehead atoms. The Labute approximate surface area is 162 Å². The van der Waals surface area contributed by atoms with E-state index < -0.39 is 11.8 Å². The van der Waals surface area contributed by atoms with Gasteiger partial charge in [-0.3, -0.25) is 0 Å². The number of aromatic hydroxyl groups is 1. The molecule has 8 heteroatoms. The van der Waals surface area contributed by atoms with Crippen molar-refractivity contribution < 1.29 is 28.7 Å². The summed E-state index contributed by atoms with van der Waals surface area (Å²) in [5.41, 5.74) is 4.09. The second-order valence-corrected chi connectivity index (χ2v) is 7.00. The molecule has 0 amide bonds. The maximum atomic E-state index is 14.3. The highest BCUT2D eigenvalue weighted by Crippen LogP contribution is 2.38. The third-order valence-electron chi connectivity index (χ3n) is 4.21. The van der Waals surface area contributed by atoms with Crippen molar-refractivity contribution in [3.63, 3.8) is 0 Å². The van der Waals surface area contributed by atoms with E-state index in [1.54, 1.807) is 30.5 Å². The van der Waals surface area contributed by atoms with Gasteiger partial charge in [0, 0.05) is 28.0 Å². The van der Waals surface area contributed by atoms with Gasteiger partial charge in [0.1, 0.15) is 22.0 Å². The minimum Gasteiger partial charge on any atom is -0.504 e. The summed E-state index contributed by atoms with van der Waals surface area (Å²) in [5.74, 6) is -1.81. The standard InChI is InChI=1S/C20H14FNO5S/c1-10-2-3-12(14(21)6-10)13-9-28-19(18(13)20(24)25)22-27-17-8-16-11(4-5-26-16)7-15(17)23/h2-9,22-23H,1H3,(H,24,25). The van der Waals surface area contributed by atoms with E-state index in [9.17, 15) is 19.4 Å². The van der Waals surface area contributed by atoms with Gasteiger partial charge in [0.2, 0.25) is 0 Å². The van der Waals surface area contributed by atoms with Crippen LogP contribution in [0.2, 0.25) is 0 Å². The van der Waals surface area contributed by atoms with Gasteiger partial charge in [0.15, 0.2) is 11.5 Å². The zero-order valence-corrected chi connectivity index (χ0v) is 15.3. The molecular weight excluding hydrogens is 385 g/mol. The quantitative estimate of drug-likeness (QED) is 0.388. The molecule has 0 unspecified atom stereocenters. The summed E-state index contributed by atoms with van der Waals surface area (Å²) < 4.78 is 19.6. The number of carbonyl (C=O) groups is 1. The van der Waals surface area contributed by atoms with Crippen LogP contribution < -0.4 is 10.3 Å². The van der Waals surface area contributed by atoms with E-state index in [1.165, 1.54) is 24.5 Å². The smallest absolute Gasteiger partial charge is 0.339 e. The summed E-state index contributed by atoms with van der Waals surface area (Å²) in [6, 6.07) is 9.24. The zero-order chi connectivity index (χ0) is 19.8. The fourth-order valence-electron chi connectivity index (χ4n) is 2.84. The van der Waals surface area contributed by atoms with Crippen LogP contribution in [-0.2, 0) is 0 Å². The maximum absolute atomic E-state index is 14.3. The van der Waals surface area contributed by atoms with Crippen LogP contribution in [0.25, 0.3) is 22.1 Å². The largest absolute Gasteiger partial charge is 0.504 e. The molecule has 0 saturated carbocycles. The van der Waals surface area contributed by atoms with Crippen molar-refractivity contribution in [3.8, 4) is 22.6 Å². The first kappa shape index (κ1) is 17.9.